The predicted molar refractivity (Wildman–Crippen MR) is 132 cm³/mol. The molecule has 2 fully saturated rings. The zero-order valence-electron chi connectivity index (χ0n) is 20.4. The third kappa shape index (κ3) is 5.15. The number of carbonyl (C=O) groups is 1. The first-order valence-corrected chi connectivity index (χ1v) is 12.6. The van der Waals surface area contributed by atoms with Crippen LogP contribution >= 0.6 is 0 Å². The Labute approximate surface area is 205 Å². The van der Waals surface area contributed by atoms with Gasteiger partial charge in [-0.15, -0.1) is 0 Å². The summed E-state index contributed by atoms with van der Waals surface area (Å²) < 4.78 is 16.8. The summed E-state index contributed by atoms with van der Waals surface area (Å²) in [6, 6.07) is 6.17. The highest BCUT2D eigenvalue weighted by Gasteiger charge is 2.36. The second-order valence-electron chi connectivity index (χ2n) is 9.68. The van der Waals surface area contributed by atoms with E-state index in [9.17, 15) is 9.59 Å². The molecule has 9 nitrogen and oxygen atoms in total. The third-order valence-electron chi connectivity index (χ3n) is 7.46. The number of aromatic amines is 1. The minimum atomic E-state index is -0.171. The zero-order valence-corrected chi connectivity index (χ0v) is 20.4. The van der Waals surface area contributed by atoms with E-state index in [0.29, 0.717) is 69.7 Å². The Morgan fingerprint density at radius 1 is 1.11 bits per heavy atom. The Morgan fingerprint density at radius 3 is 2.60 bits per heavy atom. The summed E-state index contributed by atoms with van der Waals surface area (Å²) in [5, 5.41) is 3.15. The summed E-state index contributed by atoms with van der Waals surface area (Å²) in [6.07, 6.45) is 4.94. The van der Waals surface area contributed by atoms with Crippen LogP contribution in [-0.4, -0.2) is 61.9 Å². The number of anilines is 1. The van der Waals surface area contributed by atoms with Crippen LogP contribution in [0, 0.1) is 6.92 Å². The molecule has 0 atom stereocenters. The Bertz CT molecular complexity index is 1120. The van der Waals surface area contributed by atoms with E-state index in [4.69, 9.17) is 14.2 Å². The van der Waals surface area contributed by atoms with Crippen molar-refractivity contribution in [3.05, 3.63) is 45.4 Å². The molecule has 188 valence electrons. The molecule has 0 spiro atoms. The molecule has 1 aromatic heterocycles. The molecular formula is C26H34N4O5. The number of hydrogen-bond donors (Lipinski definition) is 2. The van der Waals surface area contributed by atoms with Crippen molar-refractivity contribution < 1.29 is 19.0 Å². The van der Waals surface area contributed by atoms with E-state index in [1.54, 1.807) is 0 Å². The third-order valence-corrected chi connectivity index (χ3v) is 7.46. The zero-order chi connectivity index (χ0) is 24.3. The van der Waals surface area contributed by atoms with E-state index >= 15 is 0 Å². The number of benzene rings is 1. The highest BCUT2D eigenvalue weighted by molar-refractivity contribution is 5.76. The number of nitrogens with one attached hydrogen (secondary N) is 2. The van der Waals surface area contributed by atoms with Crippen molar-refractivity contribution in [1.29, 1.82) is 0 Å². The molecular weight excluding hydrogens is 448 g/mol. The fraction of sp³-hybridized carbons (Fsp3) is 0.577. The molecule has 3 aliphatic rings. The van der Waals surface area contributed by atoms with Gasteiger partial charge in [-0.25, -0.2) is 4.98 Å². The lowest BCUT2D eigenvalue weighted by Crippen LogP contribution is -2.39. The van der Waals surface area contributed by atoms with Crippen molar-refractivity contribution in [1.82, 2.24) is 15.3 Å². The van der Waals surface area contributed by atoms with Crippen LogP contribution in [0.1, 0.15) is 48.9 Å². The maximum Gasteiger partial charge on any atom is 0.255 e. The Kier molecular flexibility index (Phi) is 6.95. The van der Waals surface area contributed by atoms with Crippen molar-refractivity contribution in [3.63, 3.8) is 0 Å². The van der Waals surface area contributed by atoms with Crippen molar-refractivity contribution >= 4 is 11.9 Å². The molecule has 2 N–H and O–H groups in total. The molecule has 1 aromatic carbocycles. The molecule has 1 amide bonds. The number of hydrogen-bond acceptors (Lipinski definition) is 7. The van der Waals surface area contributed by atoms with E-state index in [-0.39, 0.29) is 23.3 Å². The largest absolute Gasteiger partial charge is 0.486 e. The van der Waals surface area contributed by atoms with Gasteiger partial charge in [0.1, 0.15) is 13.2 Å². The second-order valence-corrected chi connectivity index (χ2v) is 9.68. The predicted octanol–water partition coefficient (Wildman–Crippen LogP) is 2.25. The van der Waals surface area contributed by atoms with Gasteiger partial charge in [-0.05, 0) is 43.9 Å². The summed E-state index contributed by atoms with van der Waals surface area (Å²) in [5.41, 5.74) is 2.16. The van der Waals surface area contributed by atoms with Crippen molar-refractivity contribution in [2.45, 2.75) is 50.9 Å². The number of fused-ring (bicyclic) bond motifs is 1. The van der Waals surface area contributed by atoms with Gasteiger partial charge in [0.05, 0.1) is 13.2 Å². The van der Waals surface area contributed by atoms with Crippen LogP contribution in [0.5, 0.6) is 11.5 Å². The minimum absolute atomic E-state index is 0.0510. The lowest BCUT2D eigenvalue weighted by atomic mass is 9.78. The number of amides is 1. The number of nitrogens with zero attached hydrogens (tertiary/aromatic N) is 2. The van der Waals surface area contributed by atoms with E-state index < -0.39 is 0 Å². The Hall–Kier alpha value is -3.07. The van der Waals surface area contributed by atoms with Gasteiger partial charge in [0.25, 0.3) is 5.56 Å². The number of aryl methyl sites for hydroxylation is 1. The molecule has 5 rings (SSSR count). The topological polar surface area (TPSA) is 106 Å². The molecule has 0 bridgehead atoms. The molecule has 3 heterocycles. The van der Waals surface area contributed by atoms with Crippen LogP contribution in [0.15, 0.2) is 23.0 Å². The lowest BCUT2D eigenvalue weighted by molar-refractivity contribution is -0.121. The first-order chi connectivity index (χ1) is 17.0. The highest BCUT2D eigenvalue weighted by atomic mass is 16.6. The van der Waals surface area contributed by atoms with E-state index in [1.165, 1.54) is 5.56 Å². The summed E-state index contributed by atoms with van der Waals surface area (Å²) in [4.78, 5) is 35.0. The molecule has 0 radical (unpaired) electrons. The van der Waals surface area contributed by atoms with Gasteiger partial charge in [0.15, 0.2) is 11.5 Å². The molecule has 2 aliphatic heterocycles. The van der Waals surface area contributed by atoms with Gasteiger partial charge < -0.3 is 24.4 Å². The van der Waals surface area contributed by atoms with Crippen molar-refractivity contribution in [3.8, 4) is 11.5 Å². The number of morpholine rings is 1. The molecule has 1 saturated heterocycles. The van der Waals surface area contributed by atoms with Crippen LogP contribution in [0.2, 0.25) is 0 Å². The molecule has 2 aromatic rings. The number of aromatic nitrogens is 2. The quantitative estimate of drug-likeness (QED) is 0.624. The van der Waals surface area contributed by atoms with Gasteiger partial charge in [0, 0.05) is 42.7 Å². The van der Waals surface area contributed by atoms with E-state index in [1.807, 2.05) is 17.9 Å². The van der Waals surface area contributed by atoms with Gasteiger partial charge >= 0.3 is 0 Å². The monoisotopic (exact) mass is 482 g/mol. The lowest BCUT2D eigenvalue weighted by Gasteiger charge is -2.31. The van der Waals surface area contributed by atoms with Gasteiger partial charge in [0.2, 0.25) is 11.9 Å². The van der Waals surface area contributed by atoms with Crippen LogP contribution in [0.3, 0.4) is 0 Å². The summed E-state index contributed by atoms with van der Waals surface area (Å²) in [7, 11) is 0. The number of rotatable bonds is 7. The Morgan fingerprint density at radius 2 is 1.86 bits per heavy atom. The smallest absolute Gasteiger partial charge is 0.255 e. The second kappa shape index (κ2) is 10.3. The number of ether oxygens (including phenoxy) is 3. The maximum atomic E-state index is 12.8. The number of carbonyl (C=O) groups excluding carboxylic acids is 1. The van der Waals surface area contributed by atoms with Crippen LogP contribution in [-0.2, 0) is 21.4 Å². The highest BCUT2D eigenvalue weighted by Crippen LogP contribution is 2.43. The minimum Gasteiger partial charge on any atom is -0.486 e. The number of H-pyrrole nitrogens is 1. The van der Waals surface area contributed by atoms with Crippen LogP contribution in [0.4, 0.5) is 5.95 Å². The van der Waals surface area contributed by atoms with E-state index in [0.717, 1.165) is 37.2 Å². The molecule has 9 heteroatoms. The maximum absolute atomic E-state index is 12.8. The fourth-order valence-electron chi connectivity index (χ4n) is 5.40. The van der Waals surface area contributed by atoms with Gasteiger partial charge in [-0.2, -0.15) is 0 Å². The Balaban J connectivity index is 1.21. The standard InChI is InChI=1S/C26H34N4O5/c1-18-20(24(32)29-25(28-18)30-10-12-33-13-11-30)5-7-23(31)27-17-26(8-2-3-9-26)19-4-6-21-22(16-19)35-15-14-34-21/h4,6,16H,2-3,5,7-15,17H2,1H3,(H,27,31)(H,28,29,32). The van der Waals surface area contributed by atoms with Crippen molar-refractivity contribution in [2.75, 3.05) is 51.0 Å². The average Bonchev–Trinajstić information content (AvgIpc) is 3.37. The normalized spacial score (nSPS) is 18.9. The van der Waals surface area contributed by atoms with Gasteiger partial charge in [-0.1, -0.05) is 18.9 Å². The molecule has 1 saturated carbocycles. The molecule has 1 aliphatic carbocycles. The molecule has 0 unspecified atom stereocenters. The first-order valence-electron chi connectivity index (χ1n) is 12.6. The summed E-state index contributed by atoms with van der Waals surface area (Å²) >= 11 is 0. The van der Waals surface area contributed by atoms with Crippen LogP contribution < -0.4 is 25.2 Å². The van der Waals surface area contributed by atoms with E-state index in [2.05, 4.69) is 27.4 Å². The summed E-state index contributed by atoms with van der Waals surface area (Å²) in [5.74, 6) is 2.09. The van der Waals surface area contributed by atoms with Crippen LogP contribution in [0.25, 0.3) is 0 Å². The first kappa shape index (κ1) is 23.7. The molecule has 35 heavy (non-hydrogen) atoms. The average molecular weight is 483 g/mol. The summed E-state index contributed by atoms with van der Waals surface area (Å²) in [6.45, 7) is 6.19. The van der Waals surface area contributed by atoms with Crippen molar-refractivity contribution in [2.24, 2.45) is 0 Å². The SMILES string of the molecule is Cc1nc(N2CCOCC2)[nH]c(=O)c1CCC(=O)NCC1(c2ccc3c(c2)OCCO3)CCCC1. The fourth-order valence-corrected chi connectivity index (χ4v) is 5.40. The van der Waals surface area contributed by atoms with Gasteiger partial charge in [-0.3, -0.25) is 14.6 Å².